The number of fused-ring (bicyclic) bond motifs is 1. The molecule has 0 aliphatic carbocycles. The summed E-state index contributed by atoms with van der Waals surface area (Å²) in [5.41, 5.74) is 0. The first-order chi connectivity index (χ1) is 12.6. The molecule has 0 aromatic carbocycles. The van der Waals surface area contributed by atoms with Gasteiger partial charge in [-0.3, -0.25) is 9.59 Å². The Bertz CT molecular complexity index is 615. The van der Waals surface area contributed by atoms with Gasteiger partial charge in [-0.15, -0.1) is 22.7 Å². The molecule has 0 amide bonds. The second kappa shape index (κ2) is 11.3. The highest BCUT2D eigenvalue weighted by molar-refractivity contribution is 7.27. The zero-order valence-corrected chi connectivity index (χ0v) is 17.3. The Morgan fingerprint density at radius 1 is 0.808 bits per heavy atom. The van der Waals surface area contributed by atoms with Crippen LogP contribution in [0.1, 0.15) is 62.1 Å². The van der Waals surface area contributed by atoms with E-state index in [0.717, 1.165) is 38.5 Å². The number of carbonyl (C=O) groups is 2. The molecule has 0 bridgehead atoms. The maximum Gasteiger partial charge on any atom is 0.306 e. The van der Waals surface area contributed by atoms with Crippen molar-refractivity contribution >= 4 is 44.0 Å². The number of rotatable bonds is 12. The van der Waals surface area contributed by atoms with Crippen LogP contribution in [0.5, 0.6) is 0 Å². The summed E-state index contributed by atoms with van der Waals surface area (Å²) in [5, 5.41) is 0. The first kappa shape index (κ1) is 20.9. The lowest BCUT2D eigenvalue weighted by Crippen LogP contribution is -2.06. The monoisotopic (exact) mass is 396 g/mol. The number of carbonyl (C=O) groups excluding carboxylic acids is 2. The molecule has 0 aliphatic heterocycles. The molecule has 2 rings (SSSR count). The molecule has 2 aromatic rings. The Labute approximate surface area is 163 Å². The second-order valence-electron chi connectivity index (χ2n) is 6.30. The fourth-order valence-electron chi connectivity index (χ4n) is 2.44. The van der Waals surface area contributed by atoms with E-state index in [4.69, 9.17) is 9.47 Å². The molecular weight excluding hydrogens is 368 g/mol. The van der Waals surface area contributed by atoms with Crippen molar-refractivity contribution in [3.8, 4) is 0 Å². The van der Waals surface area contributed by atoms with Crippen LogP contribution in [0.4, 0.5) is 0 Å². The van der Waals surface area contributed by atoms with Crippen LogP contribution in [0.15, 0.2) is 12.1 Å². The molecule has 0 aliphatic rings. The molecule has 0 saturated heterocycles. The third kappa shape index (κ3) is 7.08. The van der Waals surface area contributed by atoms with Gasteiger partial charge in [0.2, 0.25) is 0 Å². The van der Waals surface area contributed by atoms with E-state index in [9.17, 15) is 9.59 Å². The predicted octanol–water partition coefficient (Wildman–Crippen LogP) is 5.51. The van der Waals surface area contributed by atoms with Crippen molar-refractivity contribution in [2.45, 2.75) is 65.2 Å². The van der Waals surface area contributed by atoms with Crippen LogP contribution in [0.2, 0.25) is 0 Å². The van der Waals surface area contributed by atoms with Crippen molar-refractivity contribution in [2.75, 3.05) is 13.2 Å². The first-order valence-corrected chi connectivity index (χ1v) is 11.1. The Hall–Kier alpha value is -1.40. The molecular formula is C20H28O4S2. The van der Waals surface area contributed by atoms with Gasteiger partial charge in [-0.2, -0.15) is 0 Å². The summed E-state index contributed by atoms with van der Waals surface area (Å²) in [7, 11) is 0. The molecule has 0 radical (unpaired) electrons. The molecule has 0 atom stereocenters. The number of unbranched alkanes of at least 4 members (excludes halogenated alkanes) is 2. The largest absolute Gasteiger partial charge is 0.466 e. The Morgan fingerprint density at radius 2 is 1.23 bits per heavy atom. The summed E-state index contributed by atoms with van der Waals surface area (Å²) in [5.74, 6) is -0.227. The van der Waals surface area contributed by atoms with E-state index in [2.05, 4.69) is 26.0 Å². The lowest BCUT2D eigenvalue weighted by molar-refractivity contribution is -0.144. The van der Waals surface area contributed by atoms with Gasteiger partial charge in [-0.25, -0.2) is 0 Å². The molecule has 0 saturated carbocycles. The average Bonchev–Trinajstić information content (AvgIpc) is 3.17. The zero-order chi connectivity index (χ0) is 18.8. The maximum atomic E-state index is 11.7. The van der Waals surface area contributed by atoms with E-state index in [0.29, 0.717) is 26.1 Å². The van der Waals surface area contributed by atoms with Gasteiger partial charge < -0.3 is 9.47 Å². The minimum Gasteiger partial charge on any atom is -0.466 e. The van der Waals surface area contributed by atoms with Gasteiger partial charge in [-0.1, -0.05) is 26.7 Å². The standard InChI is InChI=1S/C20H28O4S2/c1-3-5-11-23-19(21)9-7-15-13-17-18(25-15)14-16(26-17)8-10-20(22)24-12-6-4-2/h13-14H,3-12H2,1-2H3. The second-order valence-corrected chi connectivity index (χ2v) is 8.64. The summed E-state index contributed by atoms with van der Waals surface area (Å²) in [6.07, 6.45) is 6.26. The Kier molecular flexibility index (Phi) is 9.12. The van der Waals surface area contributed by atoms with Crippen molar-refractivity contribution in [3.05, 3.63) is 21.9 Å². The van der Waals surface area contributed by atoms with Crippen molar-refractivity contribution in [1.82, 2.24) is 0 Å². The molecule has 0 N–H and O–H groups in total. The van der Waals surface area contributed by atoms with Gasteiger partial charge in [0.25, 0.3) is 0 Å². The number of aryl methyl sites for hydroxylation is 2. The van der Waals surface area contributed by atoms with E-state index >= 15 is 0 Å². The van der Waals surface area contributed by atoms with Gasteiger partial charge in [0.05, 0.1) is 26.1 Å². The highest BCUT2D eigenvalue weighted by Crippen LogP contribution is 2.34. The van der Waals surface area contributed by atoms with Crippen LogP contribution >= 0.6 is 22.7 Å². The molecule has 2 heterocycles. The van der Waals surface area contributed by atoms with E-state index in [-0.39, 0.29) is 11.9 Å². The van der Waals surface area contributed by atoms with Crippen LogP contribution in [0.3, 0.4) is 0 Å². The SMILES string of the molecule is CCCCOC(=O)CCc1cc2sc(CCC(=O)OCCCC)cc2s1. The number of hydrogen-bond acceptors (Lipinski definition) is 6. The highest BCUT2D eigenvalue weighted by Gasteiger charge is 2.11. The van der Waals surface area contributed by atoms with Gasteiger partial charge >= 0.3 is 11.9 Å². The van der Waals surface area contributed by atoms with Crippen LogP contribution in [-0.4, -0.2) is 25.2 Å². The fraction of sp³-hybridized carbons (Fsp3) is 0.600. The third-order valence-corrected chi connectivity index (χ3v) is 6.39. The van der Waals surface area contributed by atoms with Gasteiger partial charge in [0.1, 0.15) is 0 Å². The first-order valence-electron chi connectivity index (χ1n) is 9.44. The lowest BCUT2D eigenvalue weighted by atomic mass is 10.2. The molecule has 0 fully saturated rings. The van der Waals surface area contributed by atoms with Gasteiger partial charge in [0, 0.05) is 19.2 Å². The molecule has 6 heteroatoms. The van der Waals surface area contributed by atoms with Crippen molar-refractivity contribution in [3.63, 3.8) is 0 Å². The van der Waals surface area contributed by atoms with E-state index < -0.39 is 0 Å². The quantitative estimate of drug-likeness (QED) is 0.350. The number of hydrogen-bond donors (Lipinski definition) is 0. The summed E-state index contributed by atoms with van der Waals surface area (Å²) in [4.78, 5) is 25.8. The molecule has 4 nitrogen and oxygen atoms in total. The van der Waals surface area contributed by atoms with Crippen LogP contribution in [0, 0.1) is 0 Å². The molecule has 2 aromatic heterocycles. The summed E-state index contributed by atoms with van der Waals surface area (Å²) in [6.45, 7) is 5.21. The number of thiophene rings is 2. The number of ether oxygens (including phenoxy) is 2. The maximum absolute atomic E-state index is 11.7. The van der Waals surface area contributed by atoms with Crippen LogP contribution < -0.4 is 0 Å². The third-order valence-electron chi connectivity index (χ3n) is 3.98. The van der Waals surface area contributed by atoms with Crippen molar-refractivity contribution in [2.24, 2.45) is 0 Å². The van der Waals surface area contributed by atoms with Gasteiger partial charge in [-0.05, 0) is 37.8 Å². The van der Waals surface area contributed by atoms with E-state index in [1.807, 2.05) is 0 Å². The van der Waals surface area contributed by atoms with Crippen LogP contribution in [0.25, 0.3) is 9.40 Å². The highest BCUT2D eigenvalue weighted by atomic mass is 32.1. The Balaban J connectivity index is 1.76. The lowest BCUT2D eigenvalue weighted by Gasteiger charge is -2.02. The number of esters is 2. The van der Waals surface area contributed by atoms with Crippen molar-refractivity contribution < 1.29 is 19.1 Å². The smallest absolute Gasteiger partial charge is 0.306 e. The minimum atomic E-state index is -0.113. The van der Waals surface area contributed by atoms with E-state index in [1.165, 1.54) is 19.2 Å². The molecule has 0 spiro atoms. The van der Waals surface area contributed by atoms with Gasteiger partial charge in [0.15, 0.2) is 0 Å². The van der Waals surface area contributed by atoms with Crippen molar-refractivity contribution in [1.29, 1.82) is 0 Å². The topological polar surface area (TPSA) is 52.6 Å². The summed E-state index contributed by atoms with van der Waals surface area (Å²) >= 11 is 3.45. The fourth-order valence-corrected chi connectivity index (χ4v) is 4.88. The molecule has 26 heavy (non-hydrogen) atoms. The Morgan fingerprint density at radius 3 is 1.62 bits per heavy atom. The molecule has 144 valence electrons. The van der Waals surface area contributed by atoms with E-state index in [1.54, 1.807) is 22.7 Å². The summed E-state index contributed by atoms with van der Waals surface area (Å²) in [6, 6.07) is 4.32. The summed E-state index contributed by atoms with van der Waals surface area (Å²) < 4.78 is 12.9. The predicted molar refractivity (Wildman–Crippen MR) is 108 cm³/mol. The zero-order valence-electron chi connectivity index (χ0n) is 15.7. The molecule has 0 unspecified atom stereocenters. The normalized spacial score (nSPS) is 11.0. The average molecular weight is 397 g/mol. The van der Waals surface area contributed by atoms with Crippen LogP contribution in [-0.2, 0) is 31.9 Å². The minimum absolute atomic E-state index is 0.113.